The van der Waals surface area contributed by atoms with Gasteiger partial charge in [-0.3, -0.25) is 4.40 Å². The summed E-state index contributed by atoms with van der Waals surface area (Å²) < 4.78 is 4.26. The largest absolute Gasteiger partial charge is 0.334 e. The average molecular weight is 467 g/mol. The minimum atomic E-state index is 0.523. The van der Waals surface area contributed by atoms with Gasteiger partial charge in [0.2, 0.25) is 0 Å². The Hall–Kier alpha value is -2.78. The van der Waals surface area contributed by atoms with Gasteiger partial charge in [-0.25, -0.2) is 0 Å². The number of hydrogen-bond donors (Lipinski definition) is 4. The molecule has 4 aromatic rings. The minimum Gasteiger partial charge on any atom is -0.334 e. The van der Waals surface area contributed by atoms with Crippen LogP contribution in [-0.2, 0) is 6.54 Å². The van der Waals surface area contributed by atoms with Crippen molar-refractivity contribution in [2.24, 2.45) is 0 Å². The standard InChI is InChI=1S/C22H24ClN7.C2H7N/c1-14-27-28-22-6-5-19-21(30(14)22)10-20(18(24)7-8-26-17-11-25-12-17)29(19)13-15-3-2-4-16(23)9-15;1-3-2/h2-6,9-10,17,24-26H,7-8,11-13H2,1H3;3H,1-2H3. The molecule has 0 aliphatic carbocycles. The average Bonchev–Trinajstić information content (AvgIpc) is 3.31. The van der Waals surface area contributed by atoms with E-state index in [-0.39, 0.29) is 0 Å². The first kappa shape index (κ1) is 23.4. The SMILES string of the molecule is CNC.Cc1nnc2ccc3c(cc(C(=N)CCNC4CNC4)n3Cc3cccc(Cl)c3)n12. The molecule has 9 heteroatoms. The van der Waals surface area contributed by atoms with Crippen molar-refractivity contribution < 1.29 is 0 Å². The number of aryl methyl sites for hydroxylation is 1. The van der Waals surface area contributed by atoms with E-state index >= 15 is 0 Å². The Kier molecular flexibility index (Phi) is 7.39. The number of fused-ring (bicyclic) bond motifs is 3. The fourth-order valence-corrected chi connectivity index (χ4v) is 4.26. The van der Waals surface area contributed by atoms with Gasteiger partial charge in [0.05, 0.1) is 22.4 Å². The summed E-state index contributed by atoms with van der Waals surface area (Å²) in [6.45, 7) is 5.41. The summed E-state index contributed by atoms with van der Waals surface area (Å²) in [5.41, 5.74) is 5.53. The van der Waals surface area contributed by atoms with E-state index in [0.29, 0.717) is 24.7 Å². The lowest BCUT2D eigenvalue weighted by Gasteiger charge is -2.28. The smallest absolute Gasteiger partial charge is 0.161 e. The monoisotopic (exact) mass is 466 g/mol. The highest BCUT2D eigenvalue weighted by atomic mass is 35.5. The highest BCUT2D eigenvalue weighted by molar-refractivity contribution is 6.30. The summed E-state index contributed by atoms with van der Waals surface area (Å²) in [5, 5.41) is 27.5. The number of nitrogens with one attached hydrogen (secondary N) is 4. The van der Waals surface area contributed by atoms with Crippen LogP contribution in [0.5, 0.6) is 0 Å². The third-order valence-electron chi connectivity index (χ3n) is 5.73. The number of aromatic nitrogens is 4. The number of benzene rings is 1. The van der Waals surface area contributed by atoms with E-state index in [9.17, 15) is 0 Å². The van der Waals surface area contributed by atoms with Crippen LogP contribution in [0.15, 0.2) is 42.5 Å². The summed E-state index contributed by atoms with van der Waals surface area (Å²) in [7, 11) is 3.75. The molecule has 1 saturated heterocycles. The van der Waals surface area contributed by atoms with Crippen LogP contribution >= 0.6 is 11.6 Å². The second kappa shape index (κ2) is 10.4. The lowest BCUT2D eigenvalue weighted by Crippen LogP contribution is -2.55. The molecule has 3 aromatic heterocycles. The molecule has 4 heterocycles. The minimum absolute atomic E-state index is 0.523. The molecular weight excluding hydrogens is 436 g/mol. The van der Waals surface area contributed by atoms with Crippen molar-refractivity contribution in [3.63, 3.8) is 0 Å². The molecule has 1 aliphatic rings. The van der Waals surface area contributed by atoms with Crippen LogP contribution in [0.2, 0.25) is 5.02 Å². The molecule has 0 amide bonds. The zero-order valence-corrected chi connectivity index (χ0v) is 20.1. The molecule has 0 spiro atoms. The molecule has 1 aliphatic heterocycles. The molecule has 0 atom stereocenters. The van der Waals surface area contributed by atoms with Gasteiger partial charge in [-0.1, -0.05) is 23.7 Å². The molecule has 0 saturated carbocycles. The number of halogens is 1. The fourth-order valence-electron chi connectivity index (χ4n) is 4.04. The van der Waals surface area contributed by atoms with Crippen molar-refractivity contribution in [1.82, 2.24) is 35.1 Å². The second-order valence-corrected chi connectivity index (χ2v) is 8.76. The van der Waals surface area contributed by atoms with Crippen LogP contribution in [0.25, 0.3) is 16.7 Å². The van der Waals surface area contributed by atoms with Gasteiger partial charge in [-0.05, 0) is 56.9 Å². The Morgan fingerprint density at radius 2 is 1.94 bits per heavy atom. The number of hydrogen-bond acceptors (Lipinski definition) is 6. The molecule has 1 fully saturated rings. The van der Waals surface area contributed by atoms with Crippen LogP contribution in [0.3, 0.4) is 0 Å². The Bertz CT molecular complexity index is 1250. The van der Waals surface area contributed by atoms with Crippen molar-refractivity contribution >= 4 is 34.0 Å². The zero-order valence-electron chi connectivity index (χ0n) is 19.3. The summed E-state index contributed by atoms with van der Waals surface area (Å²) >= 11 is 6.22. The molecule has 0 bridgehead atoms. The summed E-state index contributed by atoms with van der Waals surface area (Å²) in [5.74, 6) is 0.840. The topological polar surface area (TPSA) is 95.1 Å². The molecular formula is C24H31ClN8. The molecule has 4 N–H and O–H groups in total. The number of pyridine rings is 1. The van der Waals surface area contributed by atoms with E-state index < -0.39 is 0 Å². The maximum absolute atomic E-state index is 8.81. The van der Waals surface area contributed by atoms with Crippen molar-refractivity contribution in [2.75, 3.05) is 33.7 Å². The van der Waals surface area contributed by atoms with Gasteiger partial charge in [-0.2, -0.15) is 0 Å². The van der Waals surface area contributed by atoms with Crippen molar-refractivity contribution in [2.45, 2.75) is 25.9 Å². The second-order valence-electron chi connectivity index (χ2n) is 8.33. The Morgan fingerprint density at radius 1 is 1.15 bits per heavy atom. The quantitative estimate of drug-likeness (QED) is 0.314. The van der Waals surface area contributed by atoms with Gasteiger partial charge in [0, 0.05) is 43.7 Å². The number of rotatable bonds is 7. The van der Waals surface area contributed by atoms with E-state index in [1.165, 1.54) is 0 Å². The molecule has 174 valence electrons. The highest BCUT2D eigenvalue weighted by Gasteiger charge is 2.19. The third kappa shape index (κ3) is 5.09. The first-order chi connectivity index (χ1) is 16.0. The van der Waals surface area contributed by atoms with E-state index in [0.717, 1.165) is 58.4 Å². The van der Waals surface area contributed by atoms with E-state index in [4.69, 9.17) is 17.0 Å². The summed E-state index contributed by atoms with van der Waals surface area (Å²) in [6, 6.07) is 14.6. The maximum Gasteiger partial charge on any atom is 0.161 e. The van der Waals surface area contributed by atoms with Gasteiger partial charge in [-0.15, -0.1) is 10.2 Å². The zero-order chi connectivity index (χ0) is 23.4. The molecule has 0 unspecified atom stereocenters. The van der Waals surface area contributed by atoms with E-state index in [1.54, 1.807) is 0 Å². The molecule has 33 heavy (non-hydrogen) atoms. The normalized spacial score (nSPS) is 13.7. The van der Waals surface area contributed by atoms with Gasteiger partial charge in [0.1, 0.15) is 5.82 Å². The van der Waals surface area contributed by atoms with E-state index in [1.807, 2.05) is 45.3 Å². The Labute approximate surface area is 198 Å². The van der Waals surface area contributed by atoms with Crippen molar-refractivity contribution in [3.8, 4) is 0 Å². The van der Waals surface area contributed by atoms with Crippen molar-refractivity contribution in [3.05, 3.63) is 64.6 Å². The van der Waals surface area contributed by atoms with Crippen LogP contribution in [0, 0.1) is 12.3 Å². The van der Waals surface area contributed by atoms with Crippen LogP contribution in [0.4, 0.5) is 0 Å². The van der Waals surface area contributed by atoms with Crippen LogP contribution in [-0.4, -0.2) is 64.6 Å². The van der Waals surface area contributed by atoms with Gasteiger partial charge in [0.25, 0.3) is 0 Å². The predicted octanol–water partition coefficient (Wildman–Crippen LogP) is 2.85. The lowest BCUT2D eigenvalue weighted by molar-refractivity contribution is 0.371. The lowest BCUT2D eigenvalue weighted by atomic mass is 10.1. The third-order valence-corrected chi connectivity index (χ3v) is 5.96. The van der Waals surface area contributed by atoms with Gasteiger partial charge in [0.15, 0.2) is 5.65 Å². The summed E-state index contributed by atoms with van der Waals surface area (Å²) in [6.07, 6.45) is 0.673. The maximum atomic E-state index is 8.81. The first-order valence-electron chi connectivity index (χ1n) is 11.2. The fraction of sp³-hybridized carbons (Fsp3) is 0.375. The van der Waals surface area contributed by atoms with Crippen molar-refractivity contribution in [1.29, 1.82) is 5.41 Å². The van der Waals surface area contributed by atoms with Crippen LogP contribution < -0.4 is 16.0 Å². The molecule has 8 nitrogen and oxygen atoms in total. The predicted molar refractivity (Wildman–Crippen MR) is 135 cm³/mol. The van der Waals surface area contributed by atoms with Crippen LogP contribution in [0.1, 0.15) is 23.5 Å². The first-order valence-corrected chi connectivity index (χ1v) is 11.6. The van der Waals surface area contributed by atoms with Gasteiger partial charge >= 0.3 is 0 Å². The van der Waals surface area contributed by atoms with Gasteiger partial charge < -0.3 is 25.9 Å². The highest BCUT2D eigenvalue weighted by Crippen LogP contribution is 2.25. The van der Waals surface area contributed by atoms with E-state index in [2.05, 4.69) is 53.3 Å². The summed E-state index contributed by atoms with van der Waals surface area (Å²) in [4.78, 5) is 0. The molecule has 1 aromatic carbocycles. The molecule has 5 rings (SSSR count). The molecule has 0 radical (unpaired) electrons. The number of nitrogens with zero attached hydrogens (tertiary/aromatic N) is 4. The Balaban J connectivity index is 0.000000821. The Morgan fingerprint density at radius 3 is 2.64 bits per heavy atom.